The normalized spacial score (nSPS) is 15.6. The molecule has 0 saturated carbocycles. The highest BCUT2D eigenvalue weighted by molar-refractivity contribution is 9.10. The van der Waals surface area contributed by atoms with Crippen molar-refractivity contribution in [3.63, 3.8) is 0 Å². The number of carbonyl (C=O) groups is 1. The Bertz CT molecular complexity index is 387. The number of rotatable bonds is 3. The lowest BCUT2D eigenvalue weighted by atomic mass is 9.96. The van der Waals surface area contributed by atoms with Crippen molar-refractivity contribution in [3.8, 4) is 5.75 Å². The fourth-order valence-electron chi connectivity index (χ4n) is 1.85. The molecule has 0 N–H and O–H groups in total. The van der Waals surface area contributed by atoms with E-state index in [-0.39, 0.29) is 5.92 Å². The van der Waals surface area contributed by atoms with Crippen LogP contribution in [0, 0.1) is 0 Å². The predicted octanol–water partition coefficient (Wildman–Crippen LogP) is 3.08. The van der Waals surface area contributed by atoms with E-state index in [1.165, 1.54) is 11.1 Å². The molecule has 0 aliphatic carbocycles. The van der Waals surface area contributed by atoms with Gasteiger partial charge in [-0.05, 0) is 39.0 Å². The zero-order valence-electron chi connectivity index (χ0n) is 8.63. The molecule has 1 aromatic carbocycles. The lowest BCUT2D eigenvalue weighted by molar-refractivity contribution is -0.108. The van der Waals surface area contributed by atoms with E-state index in [2.05, 4.69) is 35.0 Å². The second-order valence-corrected chi connectivity index (χ2v) is 4.75. The van der Waals surface area contributed by atoms with Gasteiger partial charge < -0.3 is 9.53 Å². The molecule has 15 heavy (non-hydrogen) atoms. The van der Waals surface area contributed by atoms with Gasteiger partial charge in [0, 0.05) is 12.8 Å². The fraction of sp³-hybridized carbons (Fsp3) is 0.417. The Morgan fingerprint density at radius 3 is 3.13 bits per heavy atom. The highest BCUT2D eigenvalue weighted by Gasteiger charge is 2.18. The number of hydrogen-bond donors (Lipinski definition) is 0. The van der Waals surface area contributed by atoms with Gasteiger partial charge >= 0.3 is 0 Å². The molecule has 0 fully saturated rings. The van der Waals surface area contributed by atoms with Crippen molar-refractivity contribution < 1.29 is 9.53 Å². The Morgan fingerprint density at radius 1 is 1.60 bits per heavy atom. The standard InChI is InChI=1S/C12H13BrO2/c1-8(2-4-14)10-6-9-3-5-15-12(9)11(13)7-10/h4,6-8H,2-3,5H2,1H3. The molecular weight excluding hydrogens is 256 g/mol. The van der Waals surface area contributed by atoms with Crippen LogP contribution in [0.25, 0.3) is 0 Å². The third kappa shape index (κ3) is 2.07. The van der Waals surface area contributed by atoms with E-state index in [0.717, 1.165) is 29.5 Å². The SMILES string of the molecule is CC(CC=O)c1cc(Br)c2c(c1)CCO2. The summed E-state index contributed by atoms with van der Waals surface area (Å²) in [6.45, 7) is 2.83. The van der Waals surface area contributed by atoms with Gasteiger partial charge in [0.15, 0.2) is 0 Å². The van der Waals surface area contributed by atoms with Crippen LogP contribution in [-0.4, -0.2) is 12.9 Å². The number of benzene rings is 1. The average Bonchev–Trinajstić information content (AvgIpc) is 2.66. The third-order valence-electron chi connectivity index (χ3n) is 2.78. The number of halogens is 1. The van der Waals surface area contributed by atoms with Crippen LogP contribution in [0.15, 0.2) is 16.6 Å². The largest absolute Gasteiger partial charge is 0.492 e. The molecule has 0 aromatic heterocycles. The maximum Gasteiger partial charge on any atom is 0.136 e. The lowest BCUT2D eigenvalue weighted by Crippen LogP contribution is -1.95. The smallest absolute Gasteiger partial charge is 0.136 e. The molecule has 1 heterocycles. The predicted molar refractivity (Wildman–Crippen MR) is 62.4 cm³/mol. The molecular formula is C12H13BrO2. The molecule has 1 atom stereocenters. The van der Waals surface area contributed by atoms with Crippen molar-refractivity contribution in [2.45, 2.75) is 25.7 Å². The summed E-state index contributed by atoms with van der Waals surface area (Å²) in [7, 11) is 0. The Hall–Kier alpha value is -0.830. The van der Waals surface area contributed by atoms with Crippen LogP contribution in [0.3, 0.4) is 0 Å². The Kier molecular flexibility index (Phi) is 3.10. The van der Waals surface area contributed by atoms with E-state index in [1.54, 1.807) is 0 Å². The molecule has 1 unspecified atom stereocenters. The van der Waals surface area contributed by atoms with Crippen LogP contribution in [-0.2, 0) is 11.2 Å². The zero-order valence-corrected chi connectivity index (χ0v) is 10.2. The summed E-state index contributed by atoms with van der Waals surface area (Å²) in [5.41, 5.74) is 2.45. The first-order valence-corrected chi connectivity index (χ1v) is 5.90. The highest BCUT2D eigenvalue weighted by Crippen LogP contribution is 2.37. The van der Waals surface area contributed by atoms with Crippen LogP contribution in [0.2, 0.25) is 0 Å². The quantitative estimate of drug-likeness (QED) is 0.788. The topological polar surface area (TPSA) is 26.3 Å². The minimum absolute atomic E-state index is 0.282. The summed E-state index contributed by atoms with van der Waals surface area (Å²) in [6.07, 6.45) is 2.52. The summed E-state index contributed by atoms with van der Waals surface area (Å²) in [4.78, 5) is 10.5. The lowest BCUT2D eigenvalue weighted by Gasteiger charge is -2.11. The number of hydrogen-bond acceptors (Lipinski definition) is 2. The van der Waals surface area contributed by atoms with Crippen molar-refractivity contribution in [2.24, 2.45) is 0 Å². The molecule has 0 saturated heterocycles. The minimum Gasteiger partial charge on any atom is -0.492 e. The molecule has 2 nitrogen and oxygen atoms in total. The van der Waals surface area contributed by atoms with Crippen molar-refractivity contribution in [1.29, 1.82) is 0 Å². The average molecular weight is 269 g/mol. The molecule has 1 aliphatic heterocycles. The summed E-state index contributed by atoms with van der Waals surface area (Å²) < 4.78 is 6.51. The first-order chi connectivity index (χ1) is 7.22. The first kappa shape index (κ1) is 10.7. The van der Waals surface area contributed by atoms with Crippen molar-refractivity contribution >= 4 is 22.2 Å². The van der Waals surface area contributed by atoms with Crippen LogP contribution < -0.4 is 4.74 Å². The Morgan fingerprint density at radius 2 is 2.40 bits per heavy atom. The van der Waals surface area contributed by atoms with E-state index in [4.69, 9.17) is 4.74 Å². The number of fused-ring (bicyclic) bond motifs is 1. The van der Waals surface area contributed by atoms with E-state index in [9.17, 15) is 4.79 Å². The number of aldehydes is 1. The van der Waals surface area contributed by atoms with Crippen LogP contribution in [0.1, 0.15) is 30.4 Å². The summed E-state index contributed by atoms with van der Waals surface area (Å²) in [6, 6.07) is 4.21. The maximum atomic E-state index is 10.5. The monoisotopic (exact) mass is 268 g/mol. The Balaban J connectivity index is 2.34. The van der Waals surface area contributed by atoms with Gasteiger partial charge in [-0.3, -0.25) is 0 Å². The van der Waals surface area contributed by atoms with E-state index >= 15 is 0 Å². The molecule has 1 aliphatic rings. The summed E-state index contributed by atoms with van der Waals surface area (Å²) in [5, 5.41) is 0. The molecule has 3 heteroatoms. The van der Waals surface area contributed by atoms with Gasteiger partial charge in [-0.25, -0.2) is 0 Å². The second kappa shape index (κ2) is 4.35. The Labute approximate surface area is 97.8 Å². The maximum absolute atomic E-state index is 10.5. The van der Waals surface area contributed by atoms with Gasteiger partial charge in [0.2, 0.25) is 0 Å². The fourth-order valence-corrected chi connectivity index (χ4v) is 2.48. The molecule has 0 radical (unpaired) electrons. The van der Waals surface area contributed by atoms with Crippen molar-refractivity contribution in [2.75, 3.05) is 6.61 Å². The molecule has 0 amide bonds. The second-order valence-electron chi connectivity index (χ2n) is 3.89. The molecule has 0 spiro atoms. The van der Waals surface area contributed by atoms with Gasteiger partial charge in [-0.2, -0.15) is 0 Å². The molecule has 80 valence electrons. The van der Waals surface area contributed by atoms with Crippen LogP contribution in [0.5, 0.6) is 5.75 Å². The highest BCUT2D eigenvalue weighted by atomic mass is 79.9. The number of carbonyl (C=O) groups excluding carboxylic acids is 1. The minimum atomic E-state index is 0.282. The van der Waals surface area contributed by atoms with Gasteiger partial charge in [0.05, 0.1) is 11.1 Å². The summed E-state index contributed by atoms with van der Waals surface area (Å²) >= 11 is 3.50. The van der Waals surface area contributed by atoms with Gasteiger partial charge in [-0.1, -0.05) is 13.0 Å². The van der Waals surface area contributed by atoms with Crippen molar-refractivity contribution in [3.05, 3.63) is 27.7 Å². The first-order valence-electron chi connectivity index (χ1n) is 5.11. The van der Waals surface area contributed by atoms with E-state index in [0.29, 0.717) is 6.42 Å². The zero-order chi connectivity index (χ0) is 10.8. The van der Waals surface area contributed by atoms with Gasteiger partial charge in [0.1, 0.15) is 12.0 Å². The summed E-state index contributed by atoms with van der Waals surface area (Å²) in [5.74, 6) is 1.25. The van der Waals surface area contributed by atoms with E-state index < -0.39 is 0 Å². The van der Waals surface area contributed by atoms with Crippen LogP contribution >= 0.6 is 15.9 Å². The number of ether oxygens (including phenoxy) is 1. The molecule has 2 rings (SSSR count). The van der Waals surface area contributed by atoms with Gasteiger partial charge in [0.25, 0.3) is 0 Å². The molecule has 0 bridgehead atoms. The van der Waals surface area contributed by atoms with Gasteiger partial charge in [-0.15, -0.1) is 0 Å². The van der Waals surface area contributed by atoms with E-state index in [1.807, 2.05) is 0 Å². The third-order valence-corrected chi connectivity index (χ3v) is 3.37. The van der Waals surface area contributed by atoms with Crippen molar-refractivity contribution in [1.82, 2.24) is 0 Å². The molecule has 1 aromatic rings. The van der Waals surface area contributed by atoms with Crippen LogP contribution in [0.4, 0.5) is 0 Å².